The van der Waals surface area contributed by atoms with Gasteiger partial charge in [-0.15, -0.1) is 12.4 Å². The second-order valence-corrected chi connectivity index (χ2v) is 7.83. The van der Waals surface area contributed by atoms with Crippen molar-refractivity contribution in [1.29, 1.82) is 0 Å². The molecule has 10 heteroatoms. The molecule has 1 unspecified atom stereocenters. The van der Waals surface area contributed by atoms with E-state index in [9.17, 15) is 19.5 Å². The van der Waals surface area contributed by atoms with E-state index in [0.717, 1.165) is 37.9 Å². The van der Waals surface area contributed by atoms with E-state index < -0.39 is 17.9 Å². The maximum Gasteiger partial charge on any atom is 0.350 e. The molecule has 1 saturated heterocycles. The van der Waals surface area contributed by atoms with Crippen molar-refractivity contribution in [3.8, 4) is 5.69 Å². The van der Waals surface area contributed by atoms with E-state index in [1.165, 1.54) is 11.6 Å². The molecule has 170 valence electrons. The molecule has 1 aliphatic heterocycles. The Bertz CT molecular complexity index is 948. The molecule has 0 spiro atoms. The van der Waals surface area contributed by atoms with Gasteiger partial charge in [-0.1, -0.05) is 12.1 Å². The van der Waals surface area contributed by atoms with E-state index in [2.05, 4.69) is 15.7 Å². The average molecular weight is 452 g/mol. The predicted octanol–water partition coefficient (Wildman–Crippen LogP) is 1.29. The maximum atomic E-state index is 12.9. The van der Waals surface area contributed by atoms with Crippen LogP contribution in [0.2, 0.25) is 0 Å². The van der Waals surface area contributed by atoms with Crippen molar-refractivity contribution in [2.24, 2.45) is 5.92 Å². The minimum Gasteiger partial charge on any atom is -0.480 e. The lowest BCUT2D eigenvalue weighted by atomic mass is 9.95. The number of hydrogen-bond donors (Lipinski definition) is 3. The highest BCUT2D eigenvalue weighted by molar-refractivity contribution is 5.85. The summed E-state index contributed by atoms with van der Waals surface area (Å²) in [7, 11) is 0. The second kappa shape index (κ2) is 11.1. The number of rotatable bonds is 8. The van der Waals surface area contributed by atoms with Gasteiger partial charge in [0.05, 0.1) is 5.69 Å². The largest absolute Gasteiger partial charge is 0.480 e. The van der Waals surface area contributed by atoms with Crippen molar-refractivity contribution in [2.45, 2.75) is 52.1 Å². The molecule has 2 heterocycles. The number of hydrogen-bond acceptors (Lipinski definition) is 5. The Morgan fingerprint density at radius 3 is 2.48 bits per heavy atom. The number of piperidine rings is 1. The number of carboxylic acid groups (broad SMARTS) is 1. The molecular weight excluding hydrogens is 422 g/mol. The van der Waals surface area contributed by atoms with Crippen LogP contribution in [0.1, 0.15) is 37.6 Å². The number of carbonyl (C=O) groups excluding carboxylic acids is 1. The number of aromatic nitrogens is 3. The molecule has 1 aliphatic rings. The number of carbonyl (C=O) groups is 2. The van der Waals surface area contributed by atoms with Crippen LogP contribution in [0.25, 0.3) is 5.69 Å². The van der Waals surface area contributed by atoms with Crippen LogP contribution in [0.15, 0.2) is 29.1 Å². The molecular formula is C21H30ClN5O4. The lowest BCUT2D eigenvalue weighted by Crippen LogP contribution is -2.41. The fourth-order valence-electron chi connectivity index (χ4n) is 3.90. The number of aliphatic carboxylic acids is 1. The van der Waals surface area contributed by atoms with Crippen LogP contribution in [0.4, 0.5) is 0 Å². The maximum absolute atomic E-state index is 12.9. The van der Waals surface area contributed by atoms with Crippen molar-refractivity contribution in [3.63, 3.8) is 0 Å². The highest BCUT2D eigenvalue weighted by atomic mass is 35.5. The Hall–Kier alpha value is -2.65. The zero-order valence-corrected chi connectivity index (χ0v) is 18.7. The van der Waals surface area contributed by atoms with Gasteiger partial charge in [0.1, 0.15) is 11.9 Å². The number of nitrogens with one attached hydrogen (secondary N) is 2. The Morgan fingerprint density at radius 1 is 1.26 bits per heavy atom. The summed E-state index contributed by atoms with van der Waals surface area (Å²) in [4.78, 5) is 35.4. The first-order valence-corrected chi connectivity index (χ1v) is 10.3. The average Bonchev–Trinajstić information content (AvgIpc) is 3.00. The molecule has 1 aromatic heterocycles. The number of carboxylic acids is 1. The van der Waals surface area contributed by atoms with E-state index in [4.69, 9.17) is 0 Å². The van der Waals surface area contributed by atoms with Crippen LogP contribution in [0.5, 0.6) is 0 Å². The van der Waals surface area contributed by atoms with Crippen molar-refractivity contribution in [1.82, 2.24) is 25.0 Å². The van der Waals surface area contributed by atoms with E-state index in [0.29, 0.717) is 24.0 Å². The van der Waals surface area contributed by atoms with Gasteiger partial charge in [-0.25, -0.2) is 18.8 Å². The summed E-state index contributed by atoms with van der Waals surface area (Å²) >= 11 is 0. The van der Waals surface area contributed by atoms with Crippen molar-refractivity contribution >= 4 is 24.3 Å². The Morgan fingerprint density at radius 2 is 1.90 bits per heavy atom. The van der Waals surface area contributed by atoms with E-state index in [1.54, 1.807) is 35.8 Å². The van der Waals surface area contributed by atoms with Gasteiger partial charge in [0.25, 0.3) is 0 Å². The lowest BCUT2D eigenvalue weighted by molar-refractivity contribution is -0.141. The smallest absolute Gasteiger partial charge is 0.350 e. The Kier molecular flexibility index (Phi) is 8.82. The second-order valence-electron chi connectivity index (χ2n) is 7.83. The molecule has 1 fully saturated rings. The van der Waals surface area contributed by atoms with Crippen LogP contribution >= 0.6 is 12.4 Å². The summed E-state index contributed by atoms with van der Waals surface area (Å²) < 4.78 is 3.09. The van der Waals surface area contributed by atoms with Gasteiger partial charge in [-0.05, 0) is 62.9 Å². The SMILES string of the molecule is CC(=O)NC(Cc1ccc(-n2c(C)nn(CCC3CCNCC3)c2=O)cc1)C(=O)O.Cl. The minimum absolute atomic E-state index is 0. The molecule has 3 rings (SSSR count). The number of halogens is 1. The van der Waals surface area contributed by atoms with Crippen molar-refractivity contribution in [3.05, 3.63) is 46.1 Å². The fraction of sp³-hybridized carbons (Fsp3) is 0.524. The normalized spacial score (nSPS) is 15.2. The summed E-state index contributed by atoms with van der Waals surface area (Å²) in [6.45, 7) is 5.76. The Labute approximate surface area is 187 Å². The van der Waals surface area contributed by atoms with Gasteiger partial charge in [-0.3, -0.25) is 4.79 Å². The van der Waals surface area contributed by atoms with Gasteiger partial charge in [0.2, 0.25) is 5.91 Å². The van der Waals surface area contributed by atoms with E-state index >= 15 is 0 Å². The molecule has 0 aliphatic carbocycles. The third kappa shape index (κ3) is 6.41. The van der Waals surface area contributed by atoms with Crippen LogP contribution in [0.3, 0.4) is 0 Å². The first-order chi connectivity index (χ1) is 14.3. The zero-order valence-electron chi connectivity index (χ0n) is 17.8. The number of nitrogens with zero attached hydrogens (tertiary/aromatic N) is 3. The van der Waals surface area contributed by atoms with E-state index in [1.807, 2.05) is 0 Å². The zero-order chi connectivity index (χ0) is 21.7. The van der Waals surface area contributed by atoms with Crippen molar-refractivity contribution in [2.75, 3.05) is 13.1 Å². The number of benzene rings is 1. The van der Waals surface area contributed by atoms with Gasteiger partial charge < -0.3 is 15.7 Å². The number of aryl methyl sites for hydroxylation is 2. The van der Waals surface area contributed by atoms with Crippen LogP contribution < -0.4 is 16.3 Å². The quantitative estimate of drug-likeness (QED) is 0.556. The first kappa shape index (κ1) is 24.6. The highest BCUT2D eigenvalue weighted by Crippen LogP contribution is 2.17. The summed E-state index contributed by atoms with van der Waals surface area (Å²) in [6, 6.07) is 6.09. The number of amides is 1. The van der Waals surface area contributed by atoms with Gasteiger partial charge in [-0.2, -0.15) is 5.10 Å². The molecule has 1 aromatic carbocycles. The van der Waals surface area contributed by atoms with Gasteiger partial charge in [0, 0.05) is 19.9 Å². The first-order valence-electron chi connectivity index (χ1n) is 10.3. The molecule has 2 aromatic rings. The van der Waals surface area contributed by atoms with Crippen LogP contribution in [-0.2, 0) is 22.6 Å². The van der Waals surface area contributed by atoms with Crippen LogP contribution in [0, 0.1) is 12.8 Å². The minimum atomic E-state index is -1.09. The fourth-order valence-corrected chi connectivity index (χ4v) is 3.90. The lowest BCUT2D eigenvalue weighted by Gasteiger charge is -2.22. The third-order valence-electron chi connectivity index (χ3n) is 5.52. The third-order valence-corrected chi connectivity index (χ3v) is 5.52. The molecule has 0 bridgehead atoms. The predicted molar refractivity (Wildman–Crippen MR) is 119 cm³/mol. The molecule has 1 atom stereocenters. The highest BCUT2D eigenvalue weighted by Gasteiger charge is 2.19. The topological polar surface area (TPSA) is 118 Å². The summed E-state index contributed by atoms with van der Waals surface area (Å²) in [5.41, 5.74) is 1.26. The summed E-state index contributed by atoms with van der Waals surface area (Å²) in [6.07, 6.45) is 3.37. The Balaban J connectivity index is 0.00000341. The molecule has 0 radical (unpaired) electrons. The molecule has 9 nitrogen and oxygen atoms in total. The summed E-state index contributed by atoms with van der Waals surface area (Å²) in [5.74, 6) is -0.247. The molecule has 0 saturated carbocycles. The summed E-state index contributed by atoms with van der Waals surface area (Å²) in [5, 5.41) is 19.5. The molecule has 31 heavy (non-hydrogen) atoms. The molecule has 3 N–H and O–H groups in total. The molecule has 1 amide bonds. The van der Waals surface area contributed by atoms with E-state index in [-0.39, 0.29) is 24.5 Å². The standard InChI is InChI=1S/C21H29N5O4.ClH/c1-14-24-25(12-9-16-7-10-22-11-8-16)21(30)26(14)18-5-3-17(4-6-18)13-19(20(28)29)23-15(2)27;/h3-6,16,19,22H,7-13H2,1-2H3,(H,23,27)(H,28,29);1H. The van der Waals surface area contributed by atoms with Gasteiger partial charge in [0.15, 0.2) is 0 Å². The van der Waals surface area contributed by atoms with Crippen LogP contribution in [-0.4, -0.2) is 50.5 Å². The van der Waals surface area contributed by atoms with Gasteiger partial charge >= 0.3 is 11.7 Å². The van der Waals surface area contributed by atoms with Crippen molar-refractivity contribution < 1.29 is 14.7 Å². The monoisotopic (exact) mass is 451 g/mol.